The van der Waals surface area contributed by atoms with Gasteiger partial charge in [0.1, 0.15) is 5.54 Å². The first kappa shape index (κ1) is 14.0. The number of nitrogens with two attached hydrogens (primary N) is 1. The molecule has 0 radical (unpaired) electrons. The first-order valence-corrected chi connectivity index (χ1v) is 5.28. The third-order valence-electron chi connectivity index (χ3n) is 2.40. The minimum absolute atomic E-state index is 0.101. The van der Waals surface area contributed by atoms with Crippen molar-refractivity contribution < 1.29 is 19.9 Å². The van der Waals surface area contributed by atoms with Crippen LogP contribution in [0.4, 0.5) is 0 Å². The van der Waals surface area contributed by atoms with E-state index in [2.05, 4.69) is 0 Å². The van der Waals surface area contributed by atoms with Gasteiger partial charge in [0.2, 0.25) is 0 Å². The highest BCUT2D eigenvalue weighted by Gasteiger charge is 2.28. The van der Waals surface area contributed by atoms with Crippen LogP contribution < -0.4 is 11.2 Å². The molecule has 0 aliphatic rings. The maximum absolute atomic E-state index is 10.8. The number of carboxylic acids is 1. The van der Waals surface area contributed by atoms with E-state index in [4.69, 9.17) is 32.5 Å². The van der Waals surface area contributed by atoms with Gasteiger partial charge in [-0.25, -0.2) is 0 Å². The van der Waals surface area contributed by atoms with Crippen LogP contribution in [0, 0.1) is 0 Å². The van der Waals surface area contributed by atoms with E-state index in [1.54, 1.807) is 6.07 Å². The molecule has 5 nitrogen and oxygen atoms in total. The van der Waals surface area contributed by atoms with E-state index in [0.29, 0.717) is 5.56 Å². The molecule has 0 aromatic heterocycles. The third kappa shape index (κ3) is 3.44. The molecule has 1 atom stereocenters. The minimum Gasteiger partial charge on any atom is -0.480 e. The summed E-state index contributed by atoms with van der Waals surface area (Å²) in [6.07, 6.45) is 0.101. The Morgan fingerprint density at radius 3 is 2.53 bits per heavy atom. The van der Waals surface area contributed by atoms with Gasteiger partial charge in [0.25, 0.3) is 0 Å². The number of halogens is 1. The summed E-state index contributed by atoms with van der Waals surface area (Å²) in [5.74, 6) is -1.11. The third-order valence-corrected chi connectivity index (χ3v) is 2.73. The Morgan fingerprint density at radius 1 is 1.53 bits per heavy atom. The summed E-state index contributed by atoms with van der Waals surface area (Å²) < 4.78 is 0. The Bertz CT molecular complexity index is 436. The van der Waals surface area contributed by atoms with Crippen LogP contribution in [-0.4, -0.2) is 33.8 Å². The maximum Gasteiger partial charge on any atom is 0.489 e. The topological polar surface area (TPSA) is 104 Å². The van der Waals surface area contributed by atoms with Crippen molar-refractivity contribution >= 4 is 30.2 Å². The molecule has 0 unspecified atom stereocenters. The molecular formula is C10H13BClNO4. The first-order valence-electron chi connectivity index (χ1n) is 4.91. The van der Waals surface area contributed by atoms with Crippen molar-refractivity contribution in [2.75, 3.05) is 0 Å². The minimum atomic E-state index is -1.65. The molecule has 1 aromatic rings. The second kappa shape index (κ2) is 5.06. The summed E-state index contributed by atoms with van der Waals surface area (Å²) >= 11 is 5.82. The molecule has 5 N–H and O–H groups in total. The van der Waals surface area contributed by atoms with E-state index in [1.807, 2.05) is 0 Å². The van der Waals surface area contributed by atoms with Gasteiger partial charge in [-0.3, -0.25) is 4.79 Å². The Balaban J connectivity index is 2.96. The number of hydrogen-bond acceptors (Lipinski definition) is 4. The molecule has 0 spiro atoms. The van der Waals surface area contributed by atoms with Crippen LogP contribution in [0.2, 0.25) is 5.02 Å². The zero-order valence-electron chi connectivity index (χ0n) is 9.22. The lowest BCUT2D eigenvalue weighted by molar-refractivity contribution is -0.142. The van der Waals surface area contributed by atoms with Gasteiger partial charge >= 0.3 is 13.1 Å². The van der Waals surface area contributed by atoms with Crippen molar-refractivity contribution in [1.82, 2.24) is 0 Å². The number of hydrogen-bond donors (Lipinski definition) is 4. The lowest BCUT2D eigenvalue weighted by Crippen LogP contribution is -2.46. The highest BCUT2D eigenvalue weighted by atomic mass is 35.5. The van der Waals surface area contributed by atoms with Crippen LogP contribution in [0.3, 0.4) is 0 Å². The fraction of sp³-hybridized carbons (Fsp3) is 0.300. The van der Waals surface area contributed by atoms with E-state index >= 15 is 0 Å². The van der Waals surface area contributed by atoms with Crippen molar-refractivity contribution in [1.29, 1.82) is 0 Å². The first-order chi connectivity index (χ1) is 7.74. The number of rotatable bonds is 4. The van der Waals surface area contributed by atoms with Gasteiger partial charge < -0.3 is 20.9 Å². The van der Waals surface area contributed by atoms with Crippen molar-refractivity contribution in [3.63, 3.8) is 0 Å². The number of aliphatic carboxylic acids is 1. The summed E-state index contributed by atoms with van der Waals surface area (Å²) in [4.78, 5) is 10.8. The monoisotopic (exact) mass is 257 g/mol. The van der Waals surface area contributed by atoms with Crippen molar-refractivity contribution in [2.45, 2.75) is 18.9 Å². The van der Waals surface area contributed by atoms with Crippen molar-refractivity contribution in [2.24, 2.45) is 5.73 Å². The molecule has 17 heavy (non-hydrogen) atoms. The standard InChI is InChI=1S/C10H13BClNO4/c1-10(13,9(14)15)5-6-2-3-7(11(16)17)8(12)4-6/h2-4,16-17H,5,13H2,1H3,(H,14,15)/t10-/m0/s1. The van der Waals surface area contributed by atoms with Gasteiger partial charge in [0.15, 0.2) is 0 Å². The van der Waals surface area contributed by atoms with Crippen LogP contribution in [0.1, 0.15) is 12.5 Å². The molecule has 0 aliphatic carbocycles. The molecule has 0 bridgehead atoms. The molecule has 0 amide bonds. The highest BCUT2D eigenvalue weighted by Crippen LogP contribution is 2.15. The van der Waals surface area contributed by atoms with Crippen LogP contribution >= 0.6 is 11.6 Å². The molecule has 0 saturated heterocycles. The van der Waals surface area contributed by atoms with E-state index < -0.39 is 18.6 Å². The van der Waals surface area contributed by atoms with Crippen LogP contribution in [-0.2, 0) is 11.2 Å². The van der Waals surface area contributed by atoms with Crippen molar-refractivity contribution in [3.8, 4) is 0 Å². The number of benzene rings is 1. The average Bonchev–Trinajstić information content (AvgIpc) is 2.15. The summed E-state index contributed by atoms with van der Waals surface area (Å²) in [6, 6.07) is 4.47. The number of carbonyl (C=O) groups is 1. The highest BCUT2D eigenvalue weighted by molar-refractivity contribution is 6.62. The van der Waals surface area contributed by atoms with E-state index in [-0.39, 0.29) is 16.9 Å². The van der Waals surface area contributed by atoms with Crippen LogP contribution in [0.5, 0.6) is 0 Å². The molecule has 1 aromatic carbocycles. The Hall–Kier alpha value is -1.08. The second-order valence-corrected chi connectivity index (χ2v) is 4.54. The molecule has 0 saturated carbocycles. The van der Waals surface area contributed by atoms with E-state index in [1.165, 1.54) is 19.1 Å². The molecule has 0 aliphatic heterocycles. The van der Waals surface area contributed by atoms with Crippen LogP contribution in [0.15, 0.2) is 18.2 Å². The zero-order chi connectivity index (χ0) is 13.2. The van der Waals surface area contributed by atoms with Crippen molar-refractivity contribution in [3.05, 3.63) is 28.8 Å². The average molecular weight is 257 g/mol. The number of carboxylic acid groups (broad SMARTS) is 1. The second-order valence-electron chi connectivity index (χ2n) is 4.13. The summed E-state index contributed by atoms with van der Waals surface area (Å²) in [5, 5.41) is 27.0. The normalized spacial score (nSPS) is 14.2. The predicted octanol–water partition coefficient (Wildman–Crippen LogP) is -0.636. The van der Waals surface area contributed by atoms with E-state index in [9.17, 15) is 4.79 Å². The maximum atomic E-state index is 10.8. The van der Waals surface area contributed by atoms with E-state index in [0.717, 1.165) is 0 Å². The Kier molecular flexibility index (Phi) is 4.16. The van der Waals surface area contributed by atoms with Gasteiger partial charge in [-0.2, -0.15) is 0 Å². The van der Waals surface area contributed by atoms with Gasteiger partial charge in [0.05, 0.1) is 0 Å². The summed E-state index contributed by atoms with van der Waals surface area (Å²) in [7, 11) is -1.65. The molecule has 1 rings (SSSR count). The summed E-state index contributed by atoms with van der Waals surface area (Å²) in [6.45, 7) is 1.40. The molecule has 92 valence electrons. The smallest absolute Gasteiger partial charge is 0.480 e. The fourth-order valence-electron chi connectivity index (χ4n) is 1.39. The Labute approximate surface area is 104 Å². The van der Waals surface area contributed by atoms with Gasteiger partial charge in [-0.05, 0) is 18.6 Å². The lowest BCUT2D eigenvalue weighted by atomic mass is 9.79. The van der Waals surface area contributed by atoms with Gasteiger partial charge in [0, 0.05) is 16.9 Å². The largest absolute Gasteiger partial charge is 0.489 e. The quantitative estimate of drug-likeness (QED) is 0.538. The molecule has 0 fully saturated rings. The Morgan fingerprint density at radius 2 is 2.12 bits per heavy atom. The van der Waals surface area contributed by atoms with Gasteiger partial charge in [-0.15, -0.1) is 0 Å². The SMILES string of the molecule is C[C@](N)(Cc1ccc(B(O)O)c(Cl)c1)C(=O)O. The predicted molar refractivity (Wildman–Crippen MR) is 65.2 cm³/mol. The summed E-state index contributed by atoms with van der Waals surface area (Å²) in [5.41, 5.74) is 5.00. The van der Waals surface area contributed by atoms with Gasteiger partial charge in [-0.1, -0.05) is 23.7 Å². The molecular weight excluding hydrogens is 244 g/mol. The van der Waals surface area contributed by atoms with Crippen LogP contribution in [0.25, 0.3) is 0 Å². The molecule has 7 heteroatoms. The fourth-order valence-corrected chi connectivity index (χ4v) is 1.69. The zero-order valence-corrected chi connectivity index (χ0v) is 9.98. The lowest BCUT2D eigenvalue weighted by Gasteiger charge is -2.19. The molecule has 0 heterocycles.